The topological polar surface area (TPSA) is 140 Å². The zero-order valence-corrected chi connectivity index (χ0v) is 22.5. The quantitative estimate of drug-likeness (QED) is 0.360. The normalized spacial score (nSPS) is 17.9. The fourth-order valence-electron chi connectivity index (χ4n) is 4.99. The molecule has 1 N–H and O–H groups in total. The van der Waals surface area contributed by atoms with Crippen LogP contribution < -0.4 is 5.56 Å². The molecule has 0 spiro atoms. The van der Waals surface area contributed by atoms with Crippen LogP contribution in [0.2, 0.25) is 0 Å². The highest BCUT2D eigenvalue weighted by molar-refractivity contribution is 7.91. The van der Waals surface area contributed by atoms with Crippen LogP contribution in [0.25, 0.3) is 22.6 Å². The van der Waals surface area contributed by atoms with Crippen LogP contribution in [0.1, 0.15) is 67.2 Å². The Bertz CT molecular complexity index is 1710. The lowest BCUT2D eigenvalue weighted by molar-refractivity contribution is 0.478. The third kappa shape index (κ3) is 4.70. The second kappa shape index (κ2) is 9.30. The molecule has 0 radical (unpaired) electrons. The van der Waals surface area contributed by atoms with Gasteiger partial charge in [-0.2, -0.15) is 0 Å². The Hall–Kier alpha value is -3.60. The molecule has 0 amide bonds. The van der Waals surface area contributed by atoms with Crippen LogP contribution in [0.4, 0.5) is 0 Å². The average Bonchev–Trinajstić information content (AvgIpc) is 3.80. The van der Waals surface area contributed by atoms with Gasteiger partial charge in [0, 0.05) is 24.4 Å². The lowest BCUT2D eigenvalue weighted by Crippen LogP contribution is -2.30. The summed E-state index contributed by atoms with van der Waals surface area (Å²) < 4.78 is 21.4. The molecule has 4 aromatic rings. The van der Waals surface area contributed by atoms with Crippen LogP contribution in [0.15, 0.2) is 40.7 Å². The van der Waals surface area contributed by atoms with Crippen molar-refractivity contribution in [1.82, 2.24) is 34.5 Å². The zero-order valence-electron chi connectivity index (χ0n) is 21.7. The van der Waals surface area contributed by atoms with E-state index in [1.807, 2.05) is 17.6 Å². The summed E-state index contributed by atoms with van der Waals surface area (Å²) in [6.45, 7) is 4.03. The van der Waals surface area contributed by atoms with Crippen molar-refractivity contribution in [2.24, 2.45) is 5.92 Å². The first kappa shape index (κ1) is 24.7. The van der Waals surface area contributed by atoms with E-state index in [1.54, 1.807) is 24.8 Å². The van der Waals surface area contributed by atoms with E-state index in [0.717, 1.165) is 48.2 Å². The average molecular weight is 531 g/mol. The van der Waals surface area contributed by atoms with Gasteiger partial charge in [-0.15, -0.1) is 0 Å². The highest BCUT2D eigenvalue weighted by Crippen LogP contribution is 2.43. The Balaban J connectivity index is 1.40. The molecule has 196 valence electrons. The molecule has 2 atom stereocenters. The third-order valence-corrected chi connectivity index (χ3v) is 8.55. The fourth-order valence-corrected chi connectivity index (χ4v) is 5.57. The summed E-state index contributed by atoms with van der Waals surface area (Å²) in [7, 11) is -2.86. The number of fused-ring (bicyclic) bond motifs is 1. The van der Waals surface area contributed by atoms with Gasteiger partial charge in [-0.1, -0.05) is 6.07 Å². The monoisotopic (exact) mass is 530 g/mol. The SMILES string of the molecule is Cc1ncnc(C2CC2)c1-c1ncc2nc(CCc3ccc(S(C)(=N)=O)nc3)c(=O)n([C@@H](C)C3CC3)c2n1. The molecule has 11 heteroatoms. The first-order chi connectivity index (χ1) is 18.2. The van der Waals surface area contributed by atoms with Gasteiger partial charge in [-0.3, -0.25) is 9.36 Å². The first-order valence-corrected chi connectivity index (χ1v) is 15.0. The second-order valence-electron chi connectivity index (χ2n) is 10.6. The number of rotatable bonds is 8. The van der Waals surface area contributed by atoms with E-state index in [9.17, 15) is 9.00 Å². The molecule has 0 aromatic carbocycles. The molecule has 4 aromatic heterocycles. The maximum absolute atomic E-state index is 13.8. The number of aryl methyl sites for hydroxylation is 3. The van der Waals surface area contributed by atoms with Crippen molar-refractivity contribution in [1.29, 1.82) is 4.78 Å². The van der Waals surface area contributed by atoms with E-state index in [2.05, 4.69) is 26.9 Å². The first-order valence-electron chi connectivity index (χ1n) is 13.0. The standard InChI is InChI=1S/C27H30N8O2S/c1-15-23(24(19-8-9-19)32-14-31-15)25-30-13-21-26(34-25)35(16(2)18-6-7-18)27(36)20(33-21)10-4-17-5-11-22(29-12-17)38(3,28)37/h5,11-14,16,18-19,28H,4,6-10H2,1-3H3/t16-,38?/m0/s1. The molecular weight excluding hydrogens is 500 g/mol. The van der Waals surface area contributed by atoms with E-state index in [-0.39, 0.29) is 16.6 Å². The molecule has 0 aliphatic heterocycles. The number of nitrogens with zero attached hydrogens (tertiary/aromatic N) is 7. The highest BCUT2D eigenvalue weighted by Gasteiger charge is 2.33. The smallest absolute Gasteiger partial charge is 0.274 e. The van der Waals surface area contributed by atoms with Gasteiger partial charge in [0.05, 0.1) is 32.9 Å². The van der Waals surface area contributed by atoms with Crippen molar-refractivity contribution in [3.63, 3.8) is 0 Å². The van der Waals surface area contributed by atoms with Crippen LogP contribution in [-0.4, -0.2) is 44.9 Å². The minimum atomic E-state index is -2.86. The van der Waals surface area contributed by atoms with Gasteiger partial charge in [0.25, 0.3) is 5.56 Å². The Morgan fingerprint density at radius 1 is 1.05 bits per heavy atom. The maximum atomic E-state index is 13.8. The Morgan fingerprint density at radius 2 is 1.84 bits per heavy atom. The number of nitrogens with one attached hydrogen (secondary N) is 1. The lowest BCUT2D eigenvalue weighted by Gasteiger charge is -2.18. The molecular formula is C27H30N8O2S. The molecule has 0 saturated heterocycles. The van der Waals surface area contributed by atoms with Gasteiger partial charge in [-0.25, -0.2) is 38.9 Å². The molecule has 0 bridgehead atoms. The Labute approximate surface area is 221 Å². The lowest BCUT2D eigenvalue weighted by atomic mass is 10.1. The van der Waals surface area contributed by atoms with Crippen molar-refractivity contribution in [2.45, 2.75) is 69.4 Å². The van der Waals surface area contributed by atoms with Crippen LogP contribution in [0, 0.1) is 17.6 Å². The van der Waals surface area contributed by atoms with Crippen molar-refractivity contribution < 1.29 is 4.21 Å². The largest absolute Gasteiger partial charge is 0.287 e. The minimum absolute atomic E-state index is 0.00114. The van der Waals surface area contributed by atoms with Crippen molar-refractivity contribution in [2.75, 3.05) is 6.26 Å². The molecule has 2 fully saturated rings. The number of hydrogen-bond donors (Lipinski definition) is 1. The molecule has 6 rings (SSSR count). The second-order valence-corrected chi connectivity index (χ2v) is 12.7. The van der Waals surface area contributed by atoms with Crippen LogP contribution in [0.3, 0.4) is 0 Å². The van der Waals surface area contributed by atoms with Crippen LogP contribution in [0.5, 0.6) is 0 Å². The molecule has 4 heterocycles. The molecule has 10 nitrogen and oxygen atoms in total. The van der Waals surface area contributed by atoms with Gasteiger partial charge in [-0.05, 0) is 69.9 Å². The Morgan fingerprint density at radius 3 is 2.50 bits per heavy atom. The molecule has 2 aliphatic carbocycles. The zero-order chi connectivity index (χ0) is 26.6. The minimum Gasteiger partial charge on any atom is -0.287 e. The van der Waals surface area contributed by atoms with Gasteiger partial charge < -0.3 is 0 Å². The van der Waals surface area contributed by atoms with E-state index >= 15 is 0 Å². The number of pyridine rings is 1. The van der Waals surface area contributed by atoms with Gasteiger partial charge in [0.1, 0.15) is 22.6 Å². The number of aromatic nitrogens is 7. The summed E-state index contributed by atoms with van der Waals surface area (Å²) >= 11 is 0. The van der Waals surface area contributed by atoms with Crippen LogP contribution in [-0.2, 0) is 22.6 Å². The summed E-state index contributed by atoms with van der Waals surface area (Å²) in [6.07, 6.45) is 11.6. The fraction of sp³-hybridized carbons (Fsp3) is 0.444. The highest BCUT2D eigenvalue weighted by atomic mass is 32.2. The van der Waals surface area contributed by atoms with Crippen molar-refractivity contribution in [3.05, 3.63) is 63.9 Å². The summed E-state index contributed by atoms with van der Waals surface area (Å²) in [5.41, 5.74) is 5.03. The summed E-state index contributed by atoms with van der Waals surface area (Å²) in [5.74, 6) is 1.39. The maximum Gasteiger partial charge on any atom is 0.274 e. The van der Waals surface area contributed by atoms with Gasteiger partial charge in [0.2, 0.25) is 0 Å². The summed E-state index contributed by atoms with van der Waals surface area (Å²) in [4.78, 5) is 41.2. The van der Waals surface area contributed by atoms with Gasteiger partial charge in [0.15, 0.2) is 11.5 Å². The molecule has 2 aliphatic rings. The number of hydrogen-bond acceptors (Lipinski definition) is 9. The predicted molar refractivity (Wildman–Crippen MR) is 143 cm³/mol. The van der Waals surface area contributed by atoms with E-state index in [1.165, 1.54) is 6.26 Å². The van der Waals surface area contributed by atoms with Gasteiger partial charge >= 0.3 is 0 Å². The van der Waals surface area contributed by atoms with E-state index < -0.39 is 9.73 Å². The molecule has 38 heavy (non-hydrogen) atoms. The predicted octanol–water partition coefficient (Wildman–Crippen LogP) is 4.02. The molecule has 1 unspecified atom stereocenters. The summed E-state index contributed by atoms with van der Waals surface area (Å²) in [6, 6.07) is 3.43. The van der Waals surface area contributed by atoms with E-state index in [0.29, 0.717) is 47.4 Å². The van der Waals surface area contributed by atoms with E-state index in [4.69, 9.17) is 14.7 Å². The third-order valence-electron chi connectivity index (χ3n) is 7.51. The molecule has 2 saturated carbocycles. The Kier molecular flexibility index (Phi) is 6.05. The summed E-state index contributed by atoms with van der Waals surface area (Å²) in [5, 5.41) is 0.252. The van der Waals surface area contributed by atoms with Crippen molar-refractivity contribution >= 4 is 20.9 Å². The van der Waals surface area contributed by atoms with Crippen LogP contribution >= 0.6 is 0 Å². The van der Waals surface area contributed by atoms with Crippen molar-refractivity contribution in [3.8, 4) is 11.4 Å².